The first kappa shape index (κ1) is 12.8. The Kier molecular flexibility index (Phi) is 4.91. The van der Waals surface area contributed by atoms with E-state index < -0.39 is 0 Å². The summed E-state index contributed by atoms with van der Waals surface area (Å²) >= 11 is 4.19. The Morgan fingerprint density at radius 1 is 0.944 bits per heavy atom. The topological polar surface area (TPSA) is 12.0 Å². The molecular formula is C16H17NS. The summed E-state index contributed by atoms with van der Waals surface area (Å²) in [5.41, 5.74) is 3.42. The Labute approximate surface area is 114 Å². The maximum atomic E-state index is 4.19. The van der Waals surface area contributed by atoms with Gasteiger partial charge in [-0.1, -0.05) is 42.5 Å². The molecule has 18 heavy (non-hydrogen) atoms. The average Bonchev–Trinajstić information content (AvgIpc) is 2.41. The van der Waals surface area contributed by atoms with Crippen molar-refractivity contribution in [3.8, 4) is 0 Å². The Morgan fingerprint density at radius 3 is 2.50 bits per heavy atom. The molecule has 0 amide bonds. The lowest BCUT2D eigenvalue weighted by Gasteiger charge is -2.06. The molecule has 0 unspecified atom stereocenters. The molecule has 0 spiro atoms. The van der Waals surface area contributed by atoms with Gasteiger partial charge in [-0.05, 0) is 42.0 Å². The molecule has 0 aliphatic rings. The zero-order chi connectivity index (χ0) is 12.6. The van der Waals surface area contributed by atoms with E-state index >= 15 is 0 Å². The Bertz CT molecular complexity index is 506. The highest BCUT2D eigenvalue weighted by atomic mass is 32.1. The van der Waals surface area contributed by atoms with Gasteiger partial charge in [0.05, 0.1) is 0 Å². The summed E-state index contributed by atoms with van der Waals surface area (Å²) in [6.45, 7) is 0. The molecule has 1 N–H and O–H groups in total. The normalized spacial score (nSPS) is 10.7. The summed E-state index contributed by atoms with van der Waals surface area (Å²) in [6.07, 6.45) is 5.28. The quantitative estimate of drug-likeness (QED) is 0.734. The smallest absolute Gasteiger partial charge is 0.0390 e. The number of anilines is 2. The second-order valence-corrected chi connectivity index (χ2v) is 4.48. The third kappa shape index (κ3) is 3.97. The Hall–Kier alpha value is -1.67. The molecule has 0 heterocycles. The first-order valence-corrected chi connectivity index (χ1v) is 6.71. The van der Waals surface area contributed by atoms with E-state index in [4.69, 9.17) is 0 Å². The van der Waals surface area contributed by atoms with Crippen molar-refractivity contribution in [3.63, 3.8) is 0 Å². The van der Waals surface area contributed by atoms with Crippen molar-refractivity contribution in [3.05, 3.63) is 66.2 Å². The summed E-state index contributed by atoms with van der Waals surface area (Å²) in [5.74, 6) is 0.887. The van der Waals surface area contributed by atoms with Crippen LogP contribution in [0.5, 0.6) is 0 Å². The van der Waals surface area contributed by atoms with Crippen LogP contribution >= 0.6 is 12.6 Å². The molecule has 0 saturated carbocycles. The molecule has 0 fully saturated rings. The summed E-state index contributed by atoms with van der Waals surface area (Å²) in [5, 5.41) is 3.39. The second-order valence-electron chi connectivity index (χ2n) is 4.03. The van der Waals surface area contributed by atoms with Gasteiger partial charge in [0.15, 0.2) is 0 Å². The number of nitrogens with one attached hydrogen (secondary N) is 1. The number of para-hydroxylation sites is 1. The molecule has 0 bridgehead atoms. The monoisotopic (exact) mass is 255 g/mol. The van der Waals surface area contributed by atoms with Crippen LogP contribution in [0, 0.1) is 0 Å². The van der Waals surface area contributed by atoms with Gasteiger partial charge < -0.3 is 5.32 Å². The fraction of sp³-hybridized carbons (Fsp3) is 0.125. The molecule has 0 radical (unpaired) electrons. The summed E-state index contributed by atoms with van der Waals surface area (Å²) in [7, 11) is 0. The Balaban J connectivity index is 2.08. The van der Waals surface area contributed by atoms with E-state index in [1.807, 2.05) is 18.2 Å². The highest BCUT2D eigenvalue weighted by molar-refractivity contribution is 7.80. The van der Waals surface area contributed by atoms with Crippen LogP contribution in [0.2, 0.25) is 0 Å². The largest absolute Gasteiger partial charge is 0.356 e. The number of hydrogen-bond acceptors (Lipinski definition) is 2. The highest BCUT2D eigenvalue weighted by Crippen LogP contribution is 2.18. The lowest BCUT2D eigenvalue weighted by atomic mass is 10.1. The van der Waals surface area contributed by atoms with Gasteiger partial charge >= 0.3 is 0 Å². The van der Waals surface area contributed by atoms with Crippen LogP contribution in [-0.2, 0) is 0 Å². The zero-order valence-corrected chi connectivity index (χ0v) is 11.1. The number of benzene rings is 2. The van der Waals surface area contributed by atoms with Crippen molar-refractivity contribution in [1.82, 2.24) is 0 Å². The number of thiol groups is 1. The standard InChI is InChI=1S/C16H17NS/c18-12-5-4-7-14-8-6-11-16(13-14)17-15-9-2-1-3-10-15/h1-4,6-11,13,17-18H,5,12H2. The van der Waals surface area contributed by atoms with Crippen LogP contribution in [0.4, 0.5) is 11.4 Å². The van der Waals surface area contributed by atoms with Crippen molar-refractivity contribution in [2.75, 3.05) is 11.1 Å². The van der Waals surface area contributed by atoms with Crippen molar-refractivity contribution in [2.45, 2.75) is 6.42 Å². The van der Waals surface area contributed by atoms with E-state index in [0.29, 0.717) is 0 Å². The zero-order valence-electron chi connectivity index (χ0n) is 10.2. The third-order valence-corrected chi connectivity index (χ3v) is 2.81. The third-order valence-electron chi connectivity index (χ3n) is 2.56. The van der Waals surface area contributed by atoms with Crippen LogP contribution < -0.4 is 5.32 Å². The fourth-order valence-corrected chi connectivity index (χ4v) is 1.85. The molecule has 2 aromatic rings. The minimum atomic E-state index is 0.887. The lowest BCUT2D eigenvalue weighted by molar-refractivity contribution is 1.26. The maximum absolute atomic E-state index is 4.19. The fourth-order valence-electron chi connectivity index (χ4n) is 1.70. The number of hydrogen-bond donors (Lipinski definition) is 2. The van der Waals surface area contributed by atoms with Crippen molar-refractivity contribution < 1.29 is 0 Å². The second kappa shape index (κ2) is 6.92. The molecule has 0 aliphatic heterocycles. The summed E-state index contributed by atoms with van der Waals surface area (Å²) in [4.78, 5) is 0. The first-order valence-electron chi connectivity index (χ1n) is 6.08. The molecular weight excluding hydrogens is 238 g/mol. The van der Waals surface area contributed by atoms with Gasteiger partial charge in [-0.25, -0.2) is 0 Å². The van der Waals surface area contributed by atoms with Crippen LogP contribution in [0.1, 0.15) is 12.0 Å². The molecule has 0 saturated heterocycles. The minimum Gasteiger partial charge on any atom is -0.356 e. The average molecular weight is 255 g/mol. The van der Waals surface area contributed by atoms with Crippen molar-refractivity contribution >= 4 is 30.1 Å². The van der Waals surface area contributed by atoms with Gasteiger partial charge in [0, 0.05) is 11.4 Å². The minimum absolute atomic E-state index is 0.887. The van der Waals surface area contributed by atoms with E-state index in [-0.39, 0.29) is 0 Å². The van der Waals surface area contributed by atoms with Crippen LogP contribution in [0.3, 0.4) is 0 Å². The van der Waals surface area contributed by atoms with Crippen LogP contribution in [-0.4, -0.2) is 5.75 Å². The molecule has 0 atom stereocenters. The van der Waals surface area contributed by atoms with Crippen molar-refractivity contribution in [1.29, 1.82) is 0 Å². The molecule has 0 aromatic heterocycles. The Morgan fingerprint density at radius 2 is 1.72 bits per heavy atom. The predicted molar refractivity (Wildman–Crippen MR) is 83.7 cm³/mol. The SMILES string of the molecule is SCCC=Cc1cccc(Nc2ccccc2)c1. The van der Waals surface area contributed by atoms with E-state index in [0.717, 1.165) is 23.5 Å². The van der Waals surface area contributed by atoms with E-state index in [9.17, 15) is 0 Å². The van der Waals surface area contributed by atoms with Crippen molar-refractivity contribution in [2.24, 2.45) is 0 Å². The van der Waals surface area contributed by atoms with Gasteiger partial charge in [-0.15, -0.1) is 0 Å². The van der Waals surface area contributed by atoms with Crippen LogP contribution in [0.25, 0.3) is 6.08 Å². The molecule has 2 aromatic carbocycles. The molecule has 1 nitrogen and oxygen atoms in total. The summed E-state index contributed by atoms with van der Waals surface area (Å²) < 4.78 is 0. The highest BCUT2D eigenvalue weighted by Gasteiger charge is 1.94. The predicted octanol–water partition coefficient (Wildman–Crippen LogP) is 4.76. The van der Waals surface area contributed by atoms with Crippen LogP contribution in [0.15, 0.2) is 60.7 Å². The van der Waals surface area contributed by atoms with Gasteiger partial charge in [0.1, 0.15) is 0 Å². The molecule has 92 valence electrons. The van der Waals surface area contributed by atoms with Gasteiger partial charge in [0.2, 0.25) is 0 Å². The van der Waals surface area contributed by atoms with E-state index in [1.165, 1.54) is 5.56 Å². The summed E-state index contributed by atoms with van der Waals surface area (Å²) in [6, 6.07) is 18.6. The van der Waals surface area contributed by atoms with Gasteiger partial charge in [-0.3, -0.25) is 0 Å². The van der Waals surface area contributed by atoms with E-state index in [1.54, 1.807) is 0 Å². The molecule has 0 aliphatic carbocycles. The molecule has 2 rings (SSSR count). The molecule has 2 heteroatoms. The lowest BCUT2D eigenvalue weighted by Crippen LogP contribution is -1.89. The van der Waals surface area contributed by atoms with E-state index in [2.05, 4.69) is 66.5 Å². The van der Waals surface area contributed by atoms with Gasteiger partial charge in [0.25, 0.3) is 0 Å². The number of rotatable bonds is 5. The maximum Gasteiger partial charge on any atom is 0.0390 e. The van der Waals surface area contributed by atoms with Gasteiger partial charge in [-0.2, -0.15) is 12.6 Å². The number of allylic oxidation sites excluding steroid dienone is 1. The first-order chi connectivity index (χ1) is 8.88.